The first-order chi connectivity index (χ1) is 25.9. The van der Waals surface area contributed by atoms with E-state index in [1.54, 1.807) is 36.0 Å². The number of nitrogens with one attached hydrogen (secondary N) is 2. The Morgan fingerprint density at radius 3 is 2.00 bits per heavy atom. The highest BCUT2D eigenvalue weighted by atomic mass is 32.2. The Balaban J connectivity index is 1.20. The lowest BCUT2D eigenvalue weighted by atomic mass is 9.91. The SMILES string of the molecule is CC(=O)Nc1ccc(SC[C@H]2O[C@@H](c3ccc(-c4ccccc4CNC(=O)c4c(F)c(F)c(F)c(F)c4F)cc3)O[C@@H](c3ccc(CO)cc3)[C@H]2C)cc1. The molecule has 1 fully saturated rings. The number of anilines is 1. The summed E-state index contributed by atoms with van der Waals surface area (Å²) in [6, 6.07) is 29.4. The summed E-state index contributed by atoms with van der Waals surface area (Å²) in [5, 5.41) is 14.6. The van der Waals surface area contributed by atoms with Gasteiger partial charge in [0.2, 0.25) is 11.7 Å². The van der Waals surface area contributed by atoms with E-state index in [2.05, 4.69) is 17.6 Å². The van der Waals surface area contributed by atoms with Crippen LogP contribution in [0.4, 0.5) is 27.6 Å². The summed E-state index contributed by atoms with van der Waals surface area (Å²) in [6.07, 6.45) is -1.33. The second-order valence-electron chi connectivity index (χ2n) is 12.7. The molecule has 6 rings (SSSR count). The highest BCUT2D eigenvalue weighted by Gasteiger charge is 2.38. The maximum absolute atomic E-state index is 14.3. The molecule has 13 heteroatoms. The number of rotatable bonds is 11. The Bertz CT molecular complexity index is 2110. The first kappa shape index (κ1) is 38.6. The number of halogens is 5. The normalized spacial score (nSPS) is 18.3. The van der Waals surface area contributed by atoms with Crippen LogP contribution < -0.4 is 10.6 Å². The van der Waals surface area contributed by atoms with Crippen molar-refractivity contribution >= 4 is 29.3 Å². The van der Waals surface area contributed by atoms with Crippen molar-refractivity contribution in [3.8, 4) is 11.1 Å². The molecule has 0 aromatic heterocycles. The summed E-state index contributed by atoms with van der Waals surface area (Å²) in [4.78, 5) is 25.0. The van der Waals surface area contributed by atoms with E-state index in [0.717, 1.165) is 27.1 Å². The molecule has 280 valence electrons. The van der Waals surface area contributed by atoms with Gasteiger partial charge in [0.25, 0.3) is 5.91 Å². The van der Waals surface area contributed by atoms with Gasteiger partial charge in [0.05, 0.1) is 18.8 Å². The summed E-state index contributed by atoms with van der Waals surface area (Å²) < 4.78 is 82.6. The van der Waals surface area contributed by atoms with Crippen LogP contribution in [0.15, 0.2) is 102 Å². The standard InChI is InChI=1S/C41H35F5N2O5S/c1-22-32(21-54-30-17-15-29(16-18-30)48-23(2)50)52-41(53-39(22)26-9-7-24(20-49)8-10-26)27-13-11-25(12-14-27)31-6-4-3-5-28(31)19-47-40(51)33-34(42)36(44)38(46)37(45)35(33)43/h3-18,22,32,39,41,49H,19-21H2,1-2H3,(H,47,51)(H,48,50)/t22-,32+,39+,41+/m0/s1. The fraction of sp³-hybridized carbons (Fsp3) is 0.220. The number of thioether (sulfide) groups is 1. The molecule has 2 amide bonds. The first-order valence-corrected chi connectivity index (χ1v) is 17.9. The second kappa shape index (κ2) is 16.9. The predicted molar refractivity (Wildman–Crippen MR) is 194 cm³/mol. The number of aliphatic hydroxyl groups is 1. The Morgan fingerprint density at radius 1 is 0.759 bits per heavy atom. The topological polar surface area (TPSA) is 96.9 Å². The van der Waals surface area contributed by atoms with Crippen molar-refractivity contribution in [3.63, 3.8) is 0 Å². The molecule has 54 heavy (non-hydrogen) atoms. The molecule has 0 bridgehead atoms. The molecule has 4 atom stereocenters. The Hall–Kier alpha value is -5.08. The number of amides is 2. The average molecular weight is 763 g/mol. The second-order valence-corrected chi connectivity index (χ2v) is 13.8. The lowest BCUT2D eigenvalue weighted by Crippen LogP contribution is -2.38. The van der Waals surface area contributed by atoms with Crippen LogP contribution in [0.3, 0.4) is 0 Å². The summed E-state index contributed by atoms with van der Waals surface area (Å²) in [5.74, 6) is -12.2. The van der Waals surface area contributed by atoms with Gasteiger partial charge < -0.3 is 25.2 Å². The van der Waals surface area contributed by atoms with Gasteiger partial charge in [-0.15, -0.1) is 11.8 Å². The highest BCUT2D eigenvalue weighted by molar-refractivity contribution is 7.99. The number of hydrogen-bond donors (Lipinski definition) is 3. The minimum absolute atomic E-state index is 0.0569. The van der Waals surface area contributed by atoms with E-state index in [-0.39, 0.29) is 37.2 Å². The summed E-state index contributed by atoms with van der Waals surface area (Å²) >= 11 is 1.62. The molecule has 0 unspecified atom stereocenters. The molecule has 0 aliphatic carbocycles. The van der Waals surface area contributed by atoms with Gasteiger partial charge in [-0.05, 0) is 52.1 Å². The largest absolute Gasteiger partial charge is 0.392 e. The molecule has 0 spiro atoms. The monoisotopic (exact) mass is 762 g/mol. The fourth-order valence-electron chi connectivity index (χ4n) is 6.17. The number of carbonyl (C=O) groups excluding carboxylic acids is 2. The lowest BCUT2D eigenvalue weighted by molar-refractivity contribution is -0.268. The Kier molecular flexibility index (Phi) is 12.1. The maximum atomic E-state index is 14.3. The molecule has 1 aliphatic rings. The van der Waals surface area contributed by atoms with E-state index in [0.29, 0.717) is 22.6 Å². The van der Waals surface area contributed by atoms with Crippen LogP contribution in [0.1, 0.15) is 58.9 Å². The van der Waals surface area contributed by atoms with Crippen LogP contribution >= 0.6 is 11.8 Å². The molecular weight excluding hydrogens is 728 g/mol. The van der Waals surface area contributed by atoms with E-state index in [9.17, 15) is 36.6 Å². The van der Waals surface area contributed by atoms with Crippen molar-refractivity contribution in [1.82, 2.24) is 5.32 Å². The van der Waals surface area contributed by atoms with Gasteiger partial charge in [-0.1, -0.05) is 79.7 Å². The van der Waals surface area contributed by atoms with Crippen LogP contribution in [0.5, 0.6) is 0 Å². The molecule has 3 N–H and O–H groups in total. The van der Waals surface area contributed by atoms with Crippen molar-refractivity contribution < 1.29 is 46.1 Å². The number of hydrogen-bond acceptors (Lipinski definition) is 6. The molecule has 5 aromatic carbocycles. The quantitative estimate of drug-likeness (QED) is 0.0538. The third-order valence-corrected chi connectivity index (χ3v) is 10.2. The van der Waals surface area contributed by atoms with Gasteiger partial charge in [0.1, 0.15) is 5.56 Å². The van der Waals surface area contributed by atoms with Crippen LogP contribution in [0.2, 0.25) is 0 Å². The smallest absolute Gasteiger partial charge is 0.257 e. The molecule has 5 aromatic rings. The number of benzene rings is 5. The van der Waals surface area contributed by atoms with Crippen LogP contribution in [-0.4, -0.2) is 28.8 Å². The zero-order chi connectivity index (χ0) is 38.5. The van der Waals surface area contributed by atoms with E-state index in [1.807, 2.05) is 72.8 Å². The van der Waals surface area contributed by atoms with Crippen LogP contribution in [-0.2, 0) is 27.4 Å². The molecule has 1 aliphatic heterocycles. The van der Waals surface area contributed by atoms with Crippen molar-refractivity contribution in [2.45, 2.75) is 50.4 Å². The van der Waals surface area contributed by atoms with E-state index < -0.39 is 46.8 Å². The van der Waals surface area contributed by atoms with Gasteiger partial charge in [-0.3, -0.25) is 9.59 Å². The van der Waals surface area contributed by atoms with Crippen molar-refractivity contribution in [1.29, 1.82) is 0 Å². The molecular formula is C41H35F5N2O5S. The van der Waals surface area contributed by atoms with Gasteiger partial charge in [0, 0.05) is 41.3 Å². The van der Waals surface area contributed by atoms with Gasteiger partial charge in [-0.2, -0.15) is 0 Å². The average Bonchev–Trinajstić information content (AvgIpc) is 3.19. The van der Waals surface area contributed by atoms with Crippen molar-refractivity contribution in [3.05, 3.63) is 154 Å². The number of aliphatic hydroxyl groups excluding tert-OH is 1. The summed E-state index contributed by atoms with van der Waals surface area (Å²) in [7, 11) is 0. The van der Waals surface area contributed by atoms with E-state index in [1.165, 1.54) is 6.92 Å². The summed E-state index contributed by atoms with van der Waals surface area (Å²) in [5.41, 5.74) is 3.48. The van der Waals surface area contributed by atoms with Gasteiger partial charge >= 0.3 is 0 Å². The van der Waals surface area contributed by atoms with E-state index >= 15 is 0 Å². The zero-order valence-corrected chi connectivity index (χ0v) is 29.9. The van der Waals surface area contributed by atoms with Gasteiger partial charge in [0.15, 0.2) is 29.6 Å². The number of carbonyl (C=O) groups is 2. The van der Waals surface area contributed by atoms with Gasteiger partial charge in [-0.25, -0.2) is 22.0 Å². The molecule has 0 radical (unpaired) electrons. The third-order valence-electron chi connectivity index (χ3n) is 9.10. The van der Waals surface area contributed by atoms with E-state index in [4.69, 9.17) is 9.47 Å². The predicted octanol–water partition coefficient (Wildman–Crippen LogP) is 9.01. The highest BCUT2D eigenvalue weighted by Crippen LogP contribution is 2.43. The molecule has 1 heterocycles. The van der Waals surface area contributed by atoms with Crippen LogP contribution in [0.25, 0.3) is 11.1 Å². The molecule has 7 nitrogen and oxygen atoms in total. The fourth-order valence-corrected chi connectivity index (χ4v) is 7.24. The third kappa shape index (κ3) is 8.49. The first-order valence-electron chi connectivity index (χ1n) is 16.9. The lowest BCUT2D eigenvalue weighted by Gasteiger charge is -2.41. The Labute approximate surface area is 312 Å². The Morgan fingerprint density at radius 2 is 1.37 bits per heavy atom. The molecule has 1 saturated heterocycles. The van der Waals surface area contributed by atoms with Crippen molar-refractivity contribution in [2.75, 3.05) is 11.1 Å². The van der Waals surface area contributed by atoms with Crippen LogP contribution in [0, 0.1) is 35.0 Å². The maximum Gasteiger partial charge on any atom is 0.257 e. The number of ether oxygens (including phenoxy) is 2. The minimum atomic E-state index is -2.35. The minimum Gasteiger partial charge on any atom is -0.392 e. The van der Waals surface area contributed by atoms with Crippen molar-refractivity contribution in [2.24, 2.45) is 5.92 Å². The summed E-state index contributed by atoms with van der Waals surface area (Å²) in [6.45, 7) is 3.17. The molecule has 0 saturated carbocycles. The zero-order valence-electron chi connectivity index (χ0n) is 29.0.